The number of rotatable bonds is 0. The van der Waals surface area contributed by atoms with Crippen molar-refractivity contribution >= 4 is 0 Å². The Morgan fingerprint density at radius 2 is 1.91 bits per heavy atom. The Kier molecular flexibility index (Phi) is 1.90. The van der Waals surface area contributed by atoms with Crippen molar-refractivity contribution in [2.24, 2.45) is 0 Å². The number of aliphatic hydroxyl groups is 1. The lowest BCUT2D eigenvalue weighted by atomic mass is 9.81. The summed E-state index contributed by atoms with van der Waals surface area (Å²) in [5.74, 6) is 0. The number of aliphatic hydroxyl groups excluding tert-OH is 1. The van der Waals surface area contributed by atoms with Crippen molar-refractivity contribution in [1.82, 2.24) is 0 Å². The van der Waals surface area contributed by atoms with Gasteiger partial charge < -0.3 is 9.84 Å². The minimum absolute atomic E-state index is 0.113. The quantitative estimate of drug-likeness (QED) is 0.575. The first-order chi connectivity index (χ1) is 5.33. The average molecular weight is 156 g/mol. The summed E-state index contributed by atoms with van der Waals surface area (Å²) in [5.41, 5.74) is -0.113. The summed E-state index contributed by atoms with van der Waals surface area (Å²) in [6, 6.07) is 0. The van der Waals surface area contributed by atoms with Gasteiger partial charge in [0.2, 0.25) is 0 Å². The molecule has 0 aromatic carbocycles. The van der Waals surface area contributed by atoms with Crippen LogP contribution in [0.25, 0.3) is 0 Å². The van der Waals surface area contributed by atoms with E-state index in [1.54, 1.807) is 0 Å². The predicted molar refractivity (Wildman–Crippen MR) is 42.4 cm³/mol. The Hall–Kier alpha value is -0.0800. The van der Waals surface area contributed by atoms with Crippen LogP contribution in [0, 0.1) is 0 Å². The van der Waals surface area contributed by atoms with Crippen LogP contribution < -0.4 is 0 Å². The van der Waals surface area contributed by atoms with E-state index in [9.17, 15) is 5.11 Å². The molecular weight excluding hydrogens is 140 g/mol. The van der Waals surface area contributed by atoms with Crippen LogP contribution in [0.1, 0.15) is 38.5 Å². The fourth-order valence-electron chi connectivity index (χ4n) is 2.36. The van der Waals surface area contributed by atoms with Gasteiger partial charge in [0, 0.05) is 0 Å². The second-order valence-corrected chi connectivity index (χ2v) is 3.78. The van der Waals surface area contributed by atoms with Crippen molar-refractivity contribution in [2.45, 2.75) is 50.2 Å². The molecule has 2 heteroatoms. The van der Waals surface area contributed by atoms with E-state index in [4.69, 9.17) is 4.74 Å². The van der Waals surface area contributed by atoms with Crippen LogP contribution in [0.3, 0.4) is 0 Å². The summed E-state index contributed by atoms with van der Waals surface area (Å²) < 4.78 is 5.64. The van der Waals surface area contributed by atoms with Gasteiger partial charge >= 0.3 is 0 Å². The van der Waals surface area contributed by atoms with Gasteiger partial charge in [-0.05, 0) is 19.3 Å². The zero-order valence-electron chi connectivity index (χ0n) is 6.88. The van der Waals surface area contributed by atoms with Crippen molar-refractivity contribution < 1.29 is 9.84 Å². The van der Waals surface area contributed by atoms with Gasteiger partial charge in [0.25, 0.3) is 0 Å². The summed E-state index contributed by atoms with van der Waals surface area (Å²) in [6.07, 6.45) is 6.61. The molecule has 1 heterocycles. The van der Waals surface area contributed by atoms with E-state index in [0.29, 0.717) is 0 Å². The van der Waals surface area contributed by atoms with Crippen molar-refractivity contribution in [1.29, 1.82) is 0 Å². The SMILES string of the molecule is OC1CCOC12CCCCC2. The van der Waals surface area contributed by atoms with Gasteiger partial charge in [0.05, 0.1) is 18.3 Å². The van der Waals surface area contributed by atoms with Gasteiger partial charge in [-0.2, -0.15) is 0 Å². The molecule has 1 N–H and O–H groups in total. The molecule has 1 spiro atoms. The molecule has 1 unspecified atom stereocenters. The van der Waals surface area contributed by atoms with E-state index in [1.807, 2.05) is 0 Å². The molecule has 1 saturated heterocycles. The van der Waals surface area contributed by atoms with Gasteiger partial charge in [-0.1, -0.05) is 19.3 Å². The van der Waals surface area contributed by atoms with E-state index in [0.717, 1.165) is 25.9 Å². The lowest BCUT2D eigenvalue weighted by Gasteiger charge is -2.35. The molecule has 1 saturated carbocycles. The molecule has 0 amide bonds. The monoisotopic (exact) mass is 156 g/mol. The zero-order valence-corrected chi connectivity index (χ0v) is 6.88. The molecule has 64 valence electrons. The molecule has 0 aromatic heterocycles. The molecule has 2 aliphatic rings. The maximum Gasteiger partial charge on any atom is 0.0941 e. The van der Waals surface area contributed by atoms with Crippen molar-refractivity contribution in [3.63, 3.8) is 0 Å². The Bertz CT molecular complexity index is 138. The second kappa shape index (κ2) is 2.76. The summed E-state index contributed by atoms with van der Waals surface area (Å²) in [4.78, 5) is 0. The van der Waals surface area contributed by atoms with Crippen LogP contribution >= 0.6 is 0 Å². The molecule has 0 aromatic rings. The molecule has 1 aliphatic heterocycles. The largest absolute Gasteiger partial charge is 0.390 e. The highest BCUT2D eigenvalue weighted by Crippen LogP contribution is 2.39. The zero-order chi connectivity index (χ0) is 7.73. The van der Waals surface area contributed by atoms with Gasteiger partial charge in [-0.25, -0.2) is 0 Å². The number of ether oxygens (including phenoxy) is 1. The van der Waals surface area contributed by atoms with Gasteiger partial charge in [0.15, 0.2) is 0 Å². The van der Waals surface area contributed by atoms with Crippen LogP contribution in [0.5, 0.6) is 0 Å². The maximum absolute atomic E-state index is 9.68. The standard InChI is InChI=1S/C9H16O2/c10-8-4-7-11-9(8)5-2-1-3-6-9/h8,10H,1-7H2. The molecular formula is C9H16O2. The highest BCUT2D eigenvalue weighted by Gasteiger charge is 2.43. The highest BCUT2D eigenvalue weighted by atomic mass is 16.5. The molecule has 2 nitrogen and oxygen atoms in total. The minimum atomic E-state index is -0.178. The van der Waals surface area contributed by atoms with E-state index in [1.165, 1.54) is 19.3 Å². The fourth-order valence-corrected chi connectivity index (χ4v) is 2.36. The van der Waals surface area contributed by atoms with E-state index < -0.39 is 0 Å². The van der Waals surface area contributed by atoms with Crippen LogP contribution in [-0.4, -0.2) is 23.4 Å². The first-order valence-corrected chi connectivity index (χ1v) is 4.66. The number of hydrogen-bond donors (Lipinski definition) is 1. The van der Waals surface area contributed by atoms with Gasteiger partial charge in [-0.3, -0.25) is 0 Å². The Labute approximate surface area is 67.6 Å². The Morgan fingerprint density at radius 1 is 1.18 bits per heavy atom. The van der Waals surface area contributed by atoms with E-state index in [2.05, 4.69) is 0 Å². The van der Waals surface area contributed by atoms with Gasteiger partial charge in [0.1, 0.15) is 0 Å². The van der Waals surface area contributed by atoms with E-state index in [-0.39, 0.29) is 11.7 Å². The third kappa shape index (κ3) is 1.18. The summed E-state index contributed by atoms with van der Waals surface area (Å²) in [6.45, 7) is 0.765. The normalized spacial score (nSPS) is 36.3. The van der Waals surface area contributed by atoms with Crippen LogP contribution in [-0.2, 0) is 4.74 Å². The third-order valence-electron chi connectivity index (χ3n) is 3.09. The molecule has 2 rings (SSSR count). The Balaban J connectivity index is 2.06. The Morgan fingerprint density at radius 3 is 2.45 bits per heavy atom. The summed E-state index contributed by atoms with van der Waals surface area (Å²) in [5, 5.41) is 9.68. The van der Waals surface area contributed by atoms with Gasteiger partial charge in [-0.15, -0.1) is 0 Å². The smallest absolute Gasteiger partial charge is 0.0941 e. The number of hydrogen-bond acceptors (Lipinski definition) is 2. The van der Waals surface area contributed by atoms with Crippen molar-refractivity contribution in [2.75, 3.05) is 6.61 Å². The van der Waals surface area contributed by atoms with Crippen molar-refractivity contribution in [3.8, 4) is 0 Å². The highest BCUT2D eigenvalue weighted by molar-refractivity contribution is 4.94. The minimum Gasteiger partial charge on any atom is -0.390 e. The predicted octanol–water partition coefficient (Wildman–Crippen LogP) is 1.47. The first-order valence-electron chi connectivity index (χ1n) is 4.66. The molecule has 2 fully saturated rings. The molecule has 11 heavy (non-hydrogen) atoms. The summed E-state index contributed by atoms with van der Waals surface area (Å²) in [7, 11) is 0. The lowest BCUT2D eigenvalue weighted by Crippen LogP contribution is -2.40. The molecule has 0 radical (unpaired) electrons. The van der Waals surface area contributed by atoms with Crippen LogP contribution in [0.15, 0.2) is 0 Å². The maximum atomic E-state index is 9.68. The second-order valence-electron chi connectivity index (χ2n) is 3.78. The molecule has 1 aliphatic carbocycles. The van der Waals surface area contributed by atoms with E-state index >= 15 is 0 Å². The third-order valence-corrected chi connectivity index (χ3v) is 3.09. The molecule has 0 bridgehead atoms. The fraction of sp³-hybridized carbons (Fsp3) is 1.00. The topological polar surface area (TPSA) is 29.5 Å². The van der Waals surface area contributed by atoms with Crippen LogP contribution in [0.2, 0.25) is 0 Å². The first kappa shape index (κ1) is 7.56. The summed E-state index contributed by atoms with van der Waals surface area (Å²) >= 11 is 0. The molecule has 1 atom stereocenters. The average Bonchev–Trinajstić information content (AvgIpc) is 2.36. The lowest BCUT2D eigenvalue weighted by molar-refractivity contribution is -0.0809. The van der Waals surface area contributed by atoms with Crippen LogP contribution in [0.4, 0.5) is 0 Å². The van der Waals surface area contributed by atoms with Crippen molar-refractivity contribution in [3.05, 3.63) is 0 Å².